The number of benzene rings is 1. The molecule has 1 aromatic carbocycles. The molecular formula is C8H11N3O3S2. The van der Waals surface area contributed by atoms with E-state index in [9.17, 15) is 13.2 Å². The summed E-state index contributed by atoms with van der Waals surface area (Å²) in [6.07, 6.45) is 0. The molecule has 0 radical (unpaired) electrons. The molecule has 0 unspecified atom stereocenters. The topological polar surface area (TPSA) is 101 Å². The molecule has 16 heavy (non-hydrogen) atoms. The molecule has 0 aromatic heterocycles. The lowest BCUT2D eigenvalue weighted by molar-refractivity contribution is 0.257. The first-order chi connectivity index (χ1) is 7.40. The molecule has 0 spiro atoms. The van der Waals surface area contributed by atoms with E-state index in [4.69, 9.17) is 5.14 Å². The second-order valence-corrected chi connectivity index (χ2v) is 4.91. The highest BCUT2D eigenvalue weighted by atomic mass is 32.2. The van der Waals surface area contributed by atoms with E-state index in [2.05, 4.69) is 22.9 Å². The molecule has 4 N–H and O–H groups in total. The smallest absolute Gasteiger partial charge is 0.307 e. The number of nitrogens with two attached hydrogens (primary N) is 1. The Labute approximate surface area is 98.8 Å². The van der Waals surface area contributed by atoms with E-state index in [0.29, 0.717) is 11.3 Å². The van der Waals surface area contributed by atoms with E-state index in [0.717, 1.165) is 0 Å². The van der Waals surface area contributed by atoms with Crippen molar-refractivity contribution in [3.05, 3.63) is 29.8 Å². The summed E-state index contributed by atoms with van der Waals surface area (Å²) in [6, 6.07) is 5.81. The Bertz CT molecular complexity index is 470. The second kappa shape index (κ2) is 5.19. The fourth-order valence-corrected chi connectivity index (χ4v) is 1.79. The Morgan fingerprint density at radius 3 is 2.31 bits per heavy atom. The SMILES string of the molecule is NS(=O)(=O)Cc1ccc(NC(=O)NS)cc1. The highest BCUT2D eigenvalue weighted by Crippen LogP contribution is 2.11. The van der Waals surface area contributed by atoms with E-state index < -0.39 is 16.1 Å². The van der Waals surface area contributed by atoms with Crippen molar-refractivity contribution in [3.8, 4) is 0 Å². The van der Waals surface area contributed by atoms with Crippen molar-refractivity contribution in [2.45, 2.75) is 5.75 Å². The molecule has 6 nitrogen and oxygen atoms in total. The van der Waals surface area contributed by atoms with Gasteiger partial charge in [0.1, 0.15) is 0 Å². The lowest BCUT2D eigenvalue weighted by atomic mass is 10.2. The highest BCUT2D eigenvalue weighted by molar-refractivity contribution is 7.88. The number of primary sulfonamides is 1. The summed E-state index contributed by atoms with van der Waals surface area (Å²) < 4.78 is 23.7. The van der Waals surface area contributed by atoms with Crippen molar-refractivity contribution in [1.29, 1.82) is 0 Å². The zero-order chi connectivity index (χ0) is 12.2. The Kier molecular flexibility index (Phi) is 4.16. The van der Waals surface area contributed by atoms with Crippen molar-refractivity contribution >= 4 is 34.6 Å². The molecule has 0 aliphatic carbocycles. The van der Waals surface area contributed by atoms with Gasteiger partial charge in [-0.1, -0.05) is 24.9 Å². The summed E-state index contributed by atoms with van der Waals surface area (Å²) in [4.78, 5) is 10.9. The maximum Gasteiger partial charge on any atom is 0.329 e. The maximum absolute atomic E-state index is 10.9. The fraction of sp³-hybridized carbons (Fsp3) is 0.125. The molecule has 2 amide bonds. The standard InChI is InChI=1S/C8H11N3O3S2/c9-16(13,14)5-6-1-3-7(4-2-6)10-8(12)11-15/h1-4,15H,5H2,(H2,9,13,14)(H2,10,11,12). The molecule has 88 valence electrons. The van der Waals surface area contributed by atoms with Crippen LogP contribution in [0.25, 0.3) is 0 Å². The van der Waals surface area contributed by atoms with Crippen LogP contribution >= 0.6 is 12.8 Å². The van der Waals surface area contributed by atoms with E-state index in [-0.39, 0.29) is 5.75 Å². The molecule has 0 atom stereocenters. The van der Waals surface area contributed by atoms with E-state index in [1.54, 1.807) is 24.3 Å². The number of thiol groups is 1. The molecule has 1 rings (SSSR count). The van der Waals surface area contributed by atoms with Crippen LogP contribution in [0.4, 0.5) is 10.5 Å². The van der Waals surface area contributed by atoms with Gasteiger partial charge >= 0.3 is 6.03 Å². The number of anilines is 1. The number of amides is 2. The minimum atomic E-state index is -3.53. The van der Waals surface area contributed by atoms with Gasteiger partial charge in [0, 0.05) is 5.69 Å². The van der Waals surface area contributed by atoms with Crippen molar-refractivity contribution < 1.29 is 13.2 Å². The van der Waals surface area contributed by atoms with Crippen LogP contribution in [0.5, 0.6) is 0 Å². The normalized spacial score (nSPS) is 10.9. The number of carbonyl (C=O) groups excluding carboxylic acids is 1. The van der Waals surface area contributed by atoms with Gasteiger partial charge in [0.15, 0.2) is 0 Å². The predicted octanol–water partition coefficient (Wildman–Crippen LogP) is 0.441. The summed E-state index contributed by atoms with van der Waals surface area (Å²) in [5, 5.41) is 7.36. The van der Waals surface area contributed by atoms with Gasteiger partial charge < -0.3 is 5.32 Å². The minimum Gasteiger partial charge on any atom is -0.307 e. The first-order valence-electron chi connectivity index (χ1n) is 4.21. The van der Waals surface area contributed by atoms with Gasteiger partial charge in [-0.3, -0.25) is 4.72 Å². The van der Waals surface area contributed by atoms with Gasteiger partial charge in [0.25, 0.3) is 0 Å². The van der Waals surface area contributed by atoms with Crippen molar-refractivity contribution in [2.24, 2.45) is 5.14 Å². The quantitative estimate of drug-likeness (QED) is 0.594. The molecule has 0 aliphatic heterocycles. The summed E-state index contributed by atoms with van der Waals surface area (Å²) in [5.74, 6) is -0.230. The first kappa shape index (κ1) is 12.8. The molecule has 0 aliphatic rings. The Morgan fingerprint density at radius 2 is 1.88 bits per heavy atom. The largest absolute Gasteiger partial charge is 0.329 e. The number of urea groups is 1. The van der Waals surface area contributed by atoms with Gasteiger partial charge in [0.05, 0.1) is 5.75 Å². The van der Waals surface area contributed by atoms with Gasteiger partial charge in [-0.15, -0.1) is 0 Å². The number of sulfonamides is 1. The van der Waals surface area contributed by atoms with Crippen molar-refractivity contribution in [2.75, 3.05) is 5.32 Å². The zero-order valence-electron chi connectivity index (χ0n) is 8.17. The zero-order valence-corrected chi connectivity index (χ0v) is 9.88. The summed E-state index contributed by atoms with van der Waals surface area (Å²) in [7, 11) is -3.53. The predicted molar refractivity (Wildman–Crippen MR) is 64.4 cm³/mol. The number of rotatable bonds is 3. The average Bonchev–Trinajstić information content (AvgIpc) is 2.18. The third-order valence-electron chi connectivity index (χ3n) is 1.68. The molecule has 0 fully saturated rings. The fourth-order valence-electron chi connectivity index (χ4n) is 1.08. The lowest BCUT2D eigenvalue weighted by Gasteiger charge is -2.04. The summed E-state index contributed by atoms with van der Waals surface area (Å²) in [5.41, 5.74) is 1.09. The van der Waals surface area contributed by atoms with Crippen LogP contribution in [0.15, 0.2) is 24.3 Å². The van der Waals surface area contributed by atoms with Gasteiger partial charge in [0.2, 0.25) is 10.0 Å². The maximum atomic E-state index is 10.9. The van der Waals surface area contributed by atoms with Crippen molar-refractivity contribution in [1.82, 2.24) is 4.72 Å². The molecule has 8 heteroatoms. The molecule has 0 heterocycles. The van der Waals surface area contributed by atoms with E-state index in [1.807, 2.05) is 0 Å². The van der Waals surface area contributed by atoms with Crippen LogP contribution < -0.4 is 15.2 Å². The highest BCUT2D eigenvalue weighted by Gasteiger charge is 2.05. The van der Waals surface area contributed by atoms with Crippen molar-refractivity contribution in [3.63, 3.8) is 0 Å². The van der Waals surface area contributed by atoms with Gasteiger partial charge in [-0.25, -0.2) is 18.4 Å². The minimum absolute atomic E-state index is 0.230. The molecule has 1 aromatic rings. The van der Waals surface area contributed by atoms with Crippen LogP contribution in [-0.2, 0) is 15.8 Å². The van der Waals surface area contributed by atoms with Gasteiger partial charge in [-0.2, -0.15) is 0 Å². The Balaban J connectivity index is 2.72. The Hall–Kier alpha value is -1.25. The molecule has 0 saturated carbocycles. The molecule has 0 saturated heterocycles. The molecule has 0 bridgehead atoms. The Morgan fingerprint density at radius 1 is 1.31 bits per heavy atom. The average molecular weight is 261 g/mol. The monoisotopic (exact) mass is 261 g/mol. The van der Waals surface area contributed by atoms with Crippen LogP contribution in [0.3, 0.4) is 0 Å². The number of hydrogen-bond acceptors (Lipinski definition) is 4. The summed E-state index contributed by atoms with van der Waals surface area (Å²) in [6.45, 7) is 0. The summed E-state index contributed by atoms with van der Waals surface area (Å²) >= 11 is 3.56. The van der Waals surface area contributed by atoms with Crippen LogP contribution in [-0.4, -0.2) is 14.4 Å². The first-order valence-corrected chi connectivity index (χ1v) is 6.37. The van der Waals surface area contributed by atoms with Crippen LogP contribution in [0.2, 0.25) is 0 Å². The van der Waals surface area contributed by atoms with E-state index in [1.165, 1.54) is 0 Å². The second-order valence-electron chi connectivity index (χ2n) is 3.07. The lowest BCUT2D eigenvalue weighted by Crippen LogP contribution is -2.20. The molecular weight excluding hydrogens is 250 g/mol. The van der Waals surface area contributed by atoms with E-state index >= 15 is 0 Å². The number of hydrogen-bond donors (Lipinski definition) is 4. The third kappa shape index (κ3) is 4.51. The van der Waals surface area contributed by atoms with Crippen LogP contribution in [0.1, 0.15) is 5.56 Å². The number of carbonyl (C=O) groups is 1. The third-order valence-corrected chi connectivity index (χ3v) is 2.62. The van der Waals surface area contributed by atoms with Crippen LogP contribution in [0, 0.1) is 0 Å². The van der Waals surface area contributed by atoms with Gasteiger partial charge in [-0.05, 0) is 17.7 Å². The number of nitrogens with one attached hydrogen (secondary N) is 2.